The number of anilines is 1. The van der Waals surface area contributed by atoms with Gasteiger partial charge in [-0.15, -0.1) is 12.4 Å². The van der Waals surface area contributed by atoms with E-state index >= 15 is 0 Å². The number of carbonyl (C=O) groups excluding carboxylic acids is 3. The number of imide groups is 1. The maximum absolute atomic E-state index is 13.0. The molecule has 4 rings (SSSR count). The van der Waals surface area contributed by atoms with Crippen molar-refractivity contribution in [3.63, 3.8) is 0 Å². The molecule has 2 heterocycles. The standard InChI is InChI=1S/C20H25N3O3.ClH/c24-17-8-9-18(25)23(17)12-14-4-6-16(7-5-14)22-19(26)20-10-2-1-3-15(20)11-21-13-20;/h4-7,15,21H,1-3,8-13H2,(H,22,26);1H/t15-,20+;/m0./s1. The molecular weight excluding hydrogens is 366 g/mol. The molecule has 0 aromatic heterocycles. The van der Waals surface area contributed by atoms with Crippen molar-refractivity contribution in [3.05, 3.63) is 29.8 Å². The molecule has 2 saturated heterocycles. The Hall–Kier alpha value is -1.92. The first-order valence-electron chi connectivity index (χ1n) is 9.53. The summed E-state index contributed by atoms with van der Waals surface area (Å²) in [6.07, 6.45) is 5.02. The van der Waals surface area contributed by atoms with Crippen LogP contribution in [0, 0.1) is 11.3 Å². The number of hydrogen-bond donors (Lipinski definition) is 2. The minimum atomic E-state index is -0.273. The molecule has 1 aromatic rings. The largest absolute Gasteiger partial charge is 0.326 e. The van der Waals surface area contributed by atoms with E-state index in [1.54, 1.807) is 0 Å². The minimum Gasteiger partial charge on any atom is -0.326 e. The maximum Gasteiger partial charge on any atom is 0.232 e. The van der Waals surface area contributed by atoms with Crippen molar-refractivity contribution in [3.8, 4) is 0 Å². The van der Waals surface area contributed by atoms with Gasteiger partial charge in [0.2, 0.25) is 17.7 Å². The number of amides is 3. The van der Waals surface area contributed by atoms with E-state index in [1.807, 2.05) is 24.3 Å². The highest BCUT2D eigenvalue weighted by Crippen LogP contribution is 2.44. The van der Waals surface area contributed by atoms with Gasteiger partial charge in [0, 0.05) is 25.1 Å². The van der Waals surface area contributed by atoms with Crippen LogP contribution >= 0.6 is 12.4 Å². The first kappa shape index (κ1) is 19.8. The Balaban J connectivity index is 0.00000210. The van der Waals surface area contributed by atoms with Crippen LogP contribution in [0.3, 0.4) is 0 Å². The fraction of sp³-hybridized carbons (Fsp3) is 0.550. The summed E-state index contributed by atoms with van der Waals surface area (Å²) in [5.41, 5.74) is 1.39. The van der Waals surface area contributed by atoms with Crippen LogP contribution in [0.4, 0.5) is 5.69 Å². The molecule has 2 atom stereocenters. The predicted molar refractivity (Wildman–Crippen MR) is 104 cm³/mol. The van der Waals surface area contributed by atoms with E-state index in [-0.39, 0.29) is 35.5 Å². The lowest BCUT2D eigenvalue weighted by Crippen LogP contribution is -2.44. The van der Waals surface area contributed by atoms with Crippen LogP contribution in [0.5, 0.6) is 0 Å². The van der Waals surface area contributed by atoms with Gasteiger partial charge in [0.05, 0.1) is 12.0 Å². The van der Waals surface area contributed by atoms with Crippen molar-refractivity contribution >= 4 is 35.8 Å². The Labute approximate surface area is 165 Å². The normalized spacial score (nSPS) is 27.3. The molecule has 3 amide bonds. The minimum absolute atomic E-state index is 0. The lowest BCUT2D eigenvalue weighted by atomic mass is 9.67. The topological polar surface area (TPSA) is 78.5 Å². The van der Waals surface area contributed by atoms with Crippen LogP contribution < -0.4 is 10.6 Å². The number of carbonyl (C=O) groups is 3. The molecular formula is C20H26ClN3O3. The molecule has 1 saturated carbocycles. The van der Waals surface area contributed by atoms with Gasteiger partial charge in [-0.3, -0.25) is 19.3 Å². The average molecular weight is 392 g/mol. The summed E-state index contributed by atoms with van der Waals surface area (Å²) in [5.74, 6) is 0.333. The summed E-state index contributed by atoms with van der Waals surface area (Å²) in [6, 6.07) is 7.46. The zero-order valence-electron chi connectivity index (χ0n) is 15.3. The van der Waals surface area contributed by atoms with Crippen LogP contribution in [-0.2, 0) is 20.9 Å². The Morgan fingerprint density at radius 3 is 2.56 bits per heavy atom. The molecule has 1 aromatic carbocycles. The number of rotatable bonds is 4. The van der Waals surface area contributed by atoms with Crippen molar-refractivity contribution in [2.45, 2.75) is 45.1 Å². The summed E-state index contributed by atoms with van der Waals surface area (Å²) < 4.78 is 0. The zero-order chi connectivity index (χ0) is 18.1. The molecule has 6 nitrogen and oxygen atoms in total. The summed E-state index contributed by atoms with van der Waals surface area (Å²) in [6.45, 7) is 2.01. The Bertz CT molecular complexity index is 720. The second-order valence-corrected chi connectivity index (χ2v) is 7.75. The highest BCUT2D eigenvalue weighted by molar-refractivity contribution is 6.01. The number of hydrogen-bond acceptors (Lipinski definition) is 4. The lowest BCUT2D eigenvalue weighted by Gasteiger charge is -2.37. The highest BCUT2D eigenvalue weighted by Gasteiger charge is 2.49. The van der Waals surface area contributed by atoms with E-state index in [4.69, 9.17) is 0 Å². The van der Waals surface area contributed by atoms with Gasteiger partial charge in [0.25, 0.3) is 0 Å². The second-order valence-electron chi connectivity index (χ2n) is 7.75. The molecule has 0 unspecified atom stereocenters. The summed E-state index contributed by atoms with van der Waals surface area (Å²) in [7, 11) is 0. The Morgan fingerprint density at radius 2 is 1.85 bits per heavy atom. The van der Waals surface area contributed by atoms with E-state index in [9.17, 15) is 14.4 Å². The van der Waals surface area contributed by atoms with Gasteiger partial charge >= 0.3 is 0 Å². The fourth-order valence-corrected chi connectivity index (χ4v) is 4.62. The molecule has 3 fully saturated rings. The van der Waals surface area contributed by atoms with Gasteiger partial charge in [-0.25, -0.2) is 0 Å². The molecule has 3 aliphatic rings. The Kier molecular flexibility index (Phi) is 5.86. The van der Waals surface area contributed by atoms with Crippen LogP contribution in [0.15, 0.2) is 24.3 Å². The van der Waals surface area contributed by atoms with Crippen LogP contribution in [-0.4, -0.2) is 35.7 Å². The SMILES string of the molecule is Cl.O=C1CCC(=O)N1Cc1ccc(NC(=O)[C@@]23CCCC[C@H]2CNC3)cc1. The number of nitrogens with one attached hydrogen (secondary N) is 2. The molecule has 146 valence electrons. The van der Waals surface area contributed by atoms with E-state index in [0.717, 1.165) is 43.6 Å². The van der Waals surface area contributed by atoms with Crippen molar-refractivity contribution in [2.24, 2.45) is 11.3 Å². The second kappa shape index (κ2) is 7.98. The van der Waals surface area contributed by atoms with Crippen molar-refractivity contribution in [1.29, 1.82) is 0 Å². The molecule has 7 heteroatoms. The van der Waals surface area contributed by atoms with E-state index < -0.39 is 0 Å². The average Bonchev–Trinajstić information content (AvgIpc) is 3.22. The monoisotopic (exact) mass is 391 g/mol. The maximum atomic E-state index is 13.0. The van der Waals surface area contributed by atoms with Gasteiger partial charge in [-0.05, 0) is 43.0 Å². The van der Waals surface area contributed by atoms with Gasteiger partial charge in [0.15, 0.2) is 0 Å². The molecule has 2 aliphatic heterocycles. The third-order valence-electron chi connectivity index (χ3n) is 6.20. The summed E-state index contributed by atoms with van der Waals surface area (Å²) in [4.78, 5) is 37.7. The van der Waals surface area contributed by atoms with E-state index in [2.05, 4.69) is 10.6 Å². The third-order valence-corrected chi connectivity index (χ3v) is 6.20. The van der Waals surface area contributed by atoms with Crippen molar-refractivity contribution in [1.82, 2.24) is 10.2 Å². The van der Waals surface area contributed by atoms with Crippen LogP contribution in [0.1, 0.15) is 44.1 Å². The van der Waals surface area contributed by atoms with E-state index in [1.165, 1.54) is 11.3 Å². The summed E-state index contributed by atoms with van der Waals surface area (Å²) >= 11 is 0. The molecule has 27 heavy (non-hydrogen) atoms. The molecule has 0 spiro atoms. The molecule has 0 bridgehead atoms. The molecule has 2 N–H and O–H groups in total. The third kappa shape index (κ3) is 3.73. The lowest BCUT2D eigenvalue weighted by molar-refractivity contribution is -0.139. The fourth-order valence-electron chi connectivity index (χ4n) is 4.62. The van der Waals surface area contributed by atoms with Crippen molar-refractivity contribution in [2.75, 3.05) is 18.4 Å². The van der Waals surface area contributed by atoms with Gasteiger partial charge in [0.1, 0.15) is 0 Å². The van der Waals surface area contributed by atoms with Gasteiger partial charge < -0.3 is 10.6 Å². The number of benzene rings is 1. The quantitative estimate of drug-likeness (QED) is 0.773. The molecule has 0 radical (unpaired) electrons. The summed E-state index contributed by atoms with van der Waals surface area (Å²) in [5, 5.41) is 6.49. The number of fused-ring (bicyclic) bond motifs is 1. The number of halogens is 1. The van der Waals surface area contributed by atoms with Gasteiger partial charge in [-0.2, -0.15) is 0 Å². The van der Waals surface area contributed by atoms with Crippen molar-refractivity contribution < 1.29 is 14.4 Å². The van der Waals surface area contributed by atoms with E-state index in [0.29, 0.717) is 25.3 Å². The Morgan fingerprint density at radius 1 is 1.15 bits per heavy atom. The smallest absolute Gasteiger partial charge is 0.232 e. The molecule has 1 aliphatic carbocycles. The van der Waals surface area contributed by atoms with Gasteiger partial charge in [-0.1, -0.05) is 25.0 Å². The number of nitrogens with zero attached hydrogens (tertiary/aromatic N) is 1. The first-order valence-corrected chi connectivity index (χ1v) is 9.53. The van der Waals surface area contributed by atoms with Crippen LogP contribution in [0.2, 0.25) is 0 Å². The number of likely N-dealkylation sites (tertiary alicyclic amines) is 1. The first-order chi connectivity index (χ1) is 12.6. The highest BCUT2D eigenvalue weighted by atomic mass is 35.5. The predicted octanol–water partition coefficient (Wildman–Crippen LogP) is 2.48. The zero-order valence-corrected chi connectivity index (χ0v) is 16.1. The van der Waals surface area contributed by atoms with Crippen LogP contribution in [0.25, 0.3) is 0 Å².